The molecule has 1 heteroatoms. The van der Waals surface area contributed by atoms with Crippen molar-refractivity contribution in [3.63, 3.8) is 0 Å². The smallest absolute Gasteiger partial charge is 0.124 e. The molecule has 0 radical (unpaired) electrons. The third kappa shape index (κ3) is 4.79. The highest BCUT2D eigenvalue weighted by Crippen LogP contribution is 2.01. The Morgan fingerprint density at radius 1 is 1.67 bits per heavy atom. The van der Waals surface area contributed by atoms with Crippen LogP contribution in [0.2, 0.25) is 0 Å². The van der Waals surface area contributed by atoms with Crippen molar-refractivity contribution in [3.8, 4) is 0 Å². The summed E-state index contributed by atoms with van der Waals surface area (Å²) >= 11 is 0. The first-order valence-corrected chi connectivity index (χ1v) is 2.81. The number of carbonyl (C=O) groups excluding carboxylic acids is 1. The van der Waals surface area contributed by atoms with Crippen molar-refractivity contribution in [1.82, 2.24) is 0 Å². The van der Waals surface area contributed by atoms with Gasteiger partial charge in [0.25, 0.3) is 0 Å². The molecule has 1 nitrogen and oxygen atoms in total. The van der Waals surface area contributed by atoms with E-state index >= 15 is 0 Å². The second kappa shape index (κ2) is 5.07. The van der Waals surface area contributed by atoms with Crippen LogP contribution < -0.4 is 0 Å². The molecule has 0 unspecified atom stereocenters. The van der Waals surface area contributed by atoms with E-state index in [9.17, 15) is 4.79 Å². The van der Waals surface area contributed by atoms with Gasteiger partial charge in [0.1, 0.15) is 5.94 Å². The van der Waals surface area contributed by atoms with Crippen molar-refractivity contribution >= 4 is 5.94 Å². The monoisotopic (exact) mass is 122 g/mol. The van der Waals surface area contributed by atoms with Gasteiger partial charge in [0, 0.05) is 6.08 Å². The van der Waals surface area contributed by atoms with E-state index in [1.54, 1.807) is 12.0 Å². The summed E-state index contributed by atoms with van der Waals surface area (Å²) < 4.78 is 0. The van der Waals surface area contributed by atoms with Gasteiger partial charge in [0.15, 0.2) is 0 Å². The van der Waals surface area contributed by atoms with Gasteiger partial charge in [-0.1, -0.05) is 12.7 Å². The molecule has 0 aliphatic heterocycles. The fraction of sp³-hybridized carbons (Fsp3) is 0.250. The maximum Gasteiger partial charge on any atom is 0.124 e. The van der Waals surface area contributed by atoms with Gasteiger partial charge in [-0.25, -0.2) is 4.79 Å². The normalized spacial score (nSPS) is 7.56. The highest BCUT2D eigenvalue weighted by atomic mass is 16.1. The van der Waals surface area contributed by atoms with E-state index in [4.69, 9.17) is 0 Å². The number of hydrogen-bond acceptors (Lipinski definition) is 1. The molecule has 0 heterocycles. The molecule has 0 aromatic heterocycles. The molecule has 0 spiro atoms. The molecule has 9 heavy (non-hydrogen) atoms. The predicted octanol–water partition coefficient (Wildman–Crippen LogP) is 1.90. The van der Waals surface area contributed by atoms with E-state index in [0.29, 0.717) is 0 Å². The Morgan fingerprint density at radius 3 is 2.78 bits per heavy atom. The van der Waals surface area contributed by atoms with E-state index in [0.717, 1.165) is 18.4 Å². The fourth-order valence-corrected chi connectivity index (χ4v) is 0.443. The van der Waals surface area contributed by atoms with Crippen LogP contribution in [0.4, 0.5) is 0 Å². The first-order chi connectivity index (χ1) is 4.31. The molecule has 0 atom stereocenters. The minimum Gasteiger partial charge on any atom is -0.233 e. The molecule has 0 bridgehead atoms. The number of rotatable bonds is 4. The first-order valence-electron chi connectivity index (χ1n) is 2.81. The van der Waals surface area contributed by atoms with E-state index in [1.165, 1.54) is 6.08 Å². The topological polar surface area (TPSA) is 17.1 Å². The molecule has 0 aliphatic carbocycles. The predicted molar refractivity (Wildman–Crippen MR) is 38.8 cm³/mol. The summed E-state index contributed by atoms with van der Waals surface area (Å²) in [6.45, 7) is 7.16. The summed E-state index contributed by atoms with van der Waals surface area (Å²) in [5.74, 6) is 1.67. The highest BCUT2D eigenvalue weighted by Gasteiger charge is 1.84. The molecule has 0 saturated heterocycles. The van der Waals surface area contributed by atoms with Crippen LogP contribution in [0.5, 0.6) is 0 Å². The Bertz CT molecular complexity index is 150. The molecule has 0 amide bonds. The Kier molecular flexibility index (Phi) is 4.47. The van der Waals surface area contributed by atoms with Crippen LogP contribution in [-0.4, -0.2) is 5.94 Å². The average Bonchev–Trinajstić information content (AvgIpc) is 1.85. The molecular weight excluding hydrogens is 112 g/mol. The van der Waals surface area contributed by atoms with Crippen molar-refractivity contribution in [2.45, 2.75) is 12.8 Å². The van der Waals surface area contributed by atoms with Crippen molar-refractivity contribution < 1.29 is 4.79 Å². The van der Waals surface area contributed by atoms with E-state index in [-0.39, 0.29) is 0 Å². The van der Waals surface area contributed by atoms with Crippen LogP contribution >= 0.6 is 0 Å². The maximum atomic E-state index is 9.71. The zero-order chi connectivity index (χ0) is 7.11. The summed E-state index contributed by atoms with van der Waals surface area (Å²) in [5.41, 5.74) is 0.810. The molecule has 0 aliphatic rings. The summed E-state index contributed by atoms with van der Waals surface area (Å²) in [7, 11) is 0. The van der Waals surface area contributed by atoms with Crippen molar-refractivity contribution in [1.29, 1.82) is 0 Å². The Hall–Kier alpha value is -1.07. The zero-order valence-corrected chi connectivity index (χ0v) is 5.39. The Labute approximate surface area is 55.4 Å². The van der Waals surface area contributed by atoms with Crippen molar-refractivity contribution in [3.05, 3.63) is 30.9 Å². The van der Waals surface area contributed by atoms with E-state index in [1.807, 2.05) is 0 Å². The lowest BCUT2D eigenvalue weighted by Crippen LogP contribution is -1.73. The Balaban J connectivity index is 3.50. The summed E-state index contributed by atoms with van der Waals surface area (Å²) in [6, 6.07) is 0. The average molecular weight is 122 g/mol. The minimum absolute atomic E-state index is 0.804. The lowest BCUT2D eigenvalue weighted by Gasteiger charge is -1.89. The van der Waals surface area contributed by atoms with E-state index < -0.39 is 0 Å². The first kappa shape index (κ1) is 7.93. The fourth-order valence-electron chi connectivity index (χ4n) is 0.443. The standard InChI is InChI=1S/C8H10O/c1-3-4-5-8(2)6-7-9/h3,6H,1-2,4-5H2. The minimum atomic E-state index is 0.804. The van der Waals surface area contributed by atoms with Crippen molar-refractivity contribution in [2.24, 2.45) is 0 Å². The van der Waals surface area contributed by atoms with Gasteiger partial charge < -0.3 is 0 Å². The molecular formula is C8H10O. The van der Waals surface area contributed by atoms with Crippen LogP contribution in [0.1, 0.15) is 12.8 Å². The molecule has 0 aromatic rings. The molecule has 48 valence electrons. The van der Waals surface area contributed by atoms with Crippen LogP contribution in [-0.2, 0) is 4.79 Å². The summed E-state index contributed by atoms with van der Waals surface area (Å²) in [4.78, 5) is 9.71. The second-order valence-electron chi connectivity index (χ2n) is 1.75. The van der Waals surface area contributed by atoms with E-state index in [2.05, 4.69) is 13.2 Å². The van der Waals surface area contributed by atoms with Crippen LogP contribution in [0.25, 0.3) is 0 Å². The SMILES string of the molecule is C=CCCC(=C)C=C=O. The third-order valence-electron chi connectivity index (χ3n) is 0.933. The highest BCUT2D eigenvalue weighted by molar-refractivity contribution is 5.51. The van der Waals surface area contributed by atoms with Gasteiger partial charge in [0.05, 0.1) is 0 Å². The van der Waals surface area contributed by atoms with Gasteiger partial charge in [0.2, 0.25) is 0 Å². The molecule has 0 rings (SSSR count). The van der Waals surface area contributed by atoms with Crippen LogP contribution in [0.3, 0.4) is 0 Å². The maximum absolute atomic E-state index is 9.71. The molecule has 0 saturated carbocycles. The van der Waals surface area contributed by atoms with Gasteiger partial charge in [-0.2, -0.15) is 0 Å². The third-order valence-corrected chi connectivity index (χ3v) is 0.933. The van der Waals surface area contributed by atoms with Gasteiger partial charge >= 0.3 is 0 Å². The molecule has 0 aromatic carbocycles. The van der Waals surface area contributed by atoms with Crippen LogP contribution in [0, 0.1) is 0 Å². The molecule has 0 N–H and O–H groups in total. The Morgan fingerprint density at radius 2 is 2.33 bits per heavy atom. The lowest BCUT2D eigenvalue weighted by atomic mass is 10.2. The largest absolute Gasteiger partial charge is 0.233 e. The zero-order valence-electron chi connectivity index (χ0n) is 5.39. The van der Waals surface area contributed by atoms with Crippen LogP contribution in [0.15, 0.2) is 30.9 Å². The summed E-state index contributed by atoms with van der Waals surface area (Å²) in [6.07, 6.45) is 4.82. The number of hydrogen-bond donors (Lipinski definition) is 0. The van der Waals surface area contributed by atoms with Gasteiger partial charge in [-0.15, -0.1) is 6.58 Å². The van der Waals surface area contributed by atoms with Crippen molar-refractivity contribution in [2.75, 3.05) is 0 Å². The molecule has 0 fully saturated rings. The second-order valence-corrected chi connectivity index (χ2v) is 1.75. The quantitative estimate of drug-likeness (QED) is 0.316. The van der Waals surface area contributed by atoms with Gasteiger partial charge in [-0.05, 0) is 18.4 Å². The summed E-state index contributed by atoms with van der Waals surface area (Å²) in [5, 5.41) is 0. The number of allylic oxidation sites excluding steroid dienone is 3. The lowest BCUT2D eigenvalue weighted by molar-refractivity contribution is 0.568. The van der Waals surface area contributed by atoms with Gasteiger partial charge in [-0.3, -0.25) is 0 Å².